The van der Waals surface area contributed by atoms with E-state index in [4.69, 9.17) is 15.2 Å². The lowest BCUT2D eigenvalue weighted by Crippen LogP contribution is -2.11. The van der Waals surface area contributed by atoms with Gasteiger partial charge in [-0.3, -0.25) is 0 Å². The molecule has 0 unspecified atom stereocenters. The van der Waals surface area contributed by atoms with Gasteiger partial charge < -0.3 is 15.2 Å². The third-order valence-corrected chi connectivity index (χ3v) is 2.82. The number of rotatable bonds is 5. The quantitative estimate of drug-likeness (QED) is 0.870. The lowest BCUT2D eigenvalue weighted by atomic mass is 9.93. The molecule has 3 heteroatoms. The van der Waals surface area contributed by atoms with Gasteiger partial charge in [0.25, 0.3) is 0 Å². The van der Waals surface area contributed by atoms with E-state index in [0.717, 1.165) is 23.5 Å². The molecule has 18 heavy (non-hydrogen) atoms. The van der Waals surface area contributed by atoms with Crippen LogP contribution in [0.3, 0.4) is 0 Å². The molecule has 0 spiro atoms. The van der Waals surface area contributed by atoms with Gasteiger partial charge in [0.15, 0.2) is 11.5 Å². The Morgan fingerprint density at radius 1 is 1.22 bits per heavy atom. The van der Waals surface area contributed by atoms with E-state index in [2.05, 4.69) is 20.8 Å². The highest BCUT2D eigenvalue weighted by Crippen LogP contribution is 2.30. The van der Waals surface area contributed by atoms with Gasteiger partial charge in [-0.15, -0.1) is 0 Å². The fourth-order valence-corrected chi connectivity index (χ4v) is 1.55. The van der Waals surface area contributed by atoms with E-state index in [1.807, 2.05) is 25.1 Å². The van der Waals surface area contributed by atoms with Crippen molar-refractivity contribution in [2.24, 2.45) is 11.1 Å². The number of hydrogen-bond acceptors (Lipinski definition) is 3. The number of ether oxygens (including phenoxy) is 2. The zero-order chi connectivity index (χ0) is 13.8. The summed E-state index contributed by atoms with van der Waals surface area (Å²) < 4.78 is 11.1. The Morgan fingerprint density at radius 2 is 1.89 bits per heavy atom. The van der Waals surface area contributed by atoms with Crippen LogP contribution in [-0.2, 0) is 0 Å². The Bertz CT molecular complexity index is 381. The van der Waals surface area contributed by atoms with E-state index in [1.165, 1.54) is 0 Å². The first-order chi connectivity index (χ1) is 8.33. The first-order valence-electron chi connectivity index (χ1n) is 6.40. The average Bonchev–Trinajstić information content (AvgIpc) is 2.27. The lowest BCUT2D eigenvalue weighted by molar-refractivity contribution is 0.234. The Morgan fingerprint density at radius 3 is 2.39 bits per heavy atom. The number of nitrogens with two attached hydrogens (primary N) is 1. The summed E-state index contributed by atoms with van der Waals surface area (Å²) in [6, 6.07) is 5.86. The van der Waals surface area contributed by atoms with Gasteiger partial charge in [0, 0.05) is 6.04 Å². The Hall–Kier alpha value is -1.22. The van der Waals surface area contributed by atoms with Gasteiger partial charge in [-0.2, -0.15) is 0 Å². The molecule has 0 saturated carbocycles. The molecule has 0 aromatic heterocycles. The van der Waals surface area contributed by atoms with E-state index in [-0.39, 0.29) is 11.5 Å². The Balaban J connectivity index is 2.71. The summed E-state index contributed by atoms with van der Waals surface area (Å²) in [6.07, 6.45) is 1.01. The average molecular weight is 251 g/mol. The minimum absolute atomic E-state index is 0.00234. The predicted molar refractivity (Wildman–Crippen MR) is 75.2 cm³/mol. The van der Waals surface area contributed by atoms with Crippen LogP contribution in [0.1, 0.15) is 45.7 Å². The SMILES string of the molecule is COc1cc([C@@H](C)N)ccc1OCCC(C)(C)C. The summed E-state index contributed by atoms with van der Waals surface area (Å²) in [5.74, 6) is 1.53. The van der Waals surface area contributed by atoms with E-state index in [1.54, 1.807) is 7.11 Å². The van der Waals surface area contributed by atoms with Crippen molar-refractivity contribution < 1.29 is 9.47 Å². The minimum Gasteiger partial charge on any atom is -0.493 e. The summed E-state index contributed by atoms with van der Waals surface area (Å²) in [7, 11) is 1.65. The molecular weight excluding hydrogens is 226 g/mol. The standard InChI is InChI=1S/C15H25NO2/c1-11(16)12-6-7-13(14(10-12)17-5)18-9-8-15(2,3)4/h6-7,10-11H,8-9,16H2,1-5H3/t11-/m1/s1. The third-order valence-electron chi connectivity index (χ3n) is 2.82. The van der Waals surface area contributed by atoms with Crippen LogP contribution in [0.2, 0.25) is 0 Å². The van der Waals surface area contributed by atoms with Crippen molar-refractivity contribution in [2.45, 2.75) is 40.2 Å². The maximum Gasteiger partial charge on any atom is 0.161 e. The van der Waals surface area contributed by atoms with E-state index >= 15 is 0 Å². The van der Waals surface area contributed by atoms with Crippen molar-refractivity contribution in [3.05, 3.63) is 23.8 Å². The highest BCUT2D eigenvalue weighted by molar-refractivity contribution is 5.43. The molecular formula is C15H25NO2. The van der Waals surface area contributed by atoms with Gasteiger partial charge in [0.1, 0.15) is 0 Å². The largest absolute Gasteiger partial charge is 0.493 e. The van der Waals surface area contributed by atoms with Gasteiger partial charge in [-0.1, -0.05) is 26.8 Å². The van der Waals surface area contributed by atoms with Crippen LogP contribution in [0.4, 0.5) is 0 Å². The van der Waals surface area contributed by atoms with Crippen LogP contribution < -0.4 is 15.2 Å². The van der Waals surface area contributed by atoms with Crippen LogP contribution in [0.5, 0.6) is 11.5 Å². The van der Waals surface area contributed by atoms with Gasteiger partial charge in [-0.05, 0) is 36.5 Å². The predicted octanol–water partition coefficient (Wildman–Crippen LogP) is 3.53. The summed E-state index contributed by atoms with van der Waals surface area (Å²) in [6.45, 7) is 9.25. The van der Waals surface area contributed by atoms with Crippen LogP contribution >= 0.6 is 0 Å². The van der Waals surface area contributed by atoms with Crippen molar-refractivity contribution in [1.82, 2.24) is 0 Å². The Labute approximate surface area is 110 Å². The molecule has 0 aliphatic heterocycles. The van der Waals surface area contributed by atoms with Gasteiger partial charge in [0.05, 0.1) is 13.7 Å². The fraction of sp³-hybridized carbons (Fsp3) is 0.600. The monoisotopic (exact) mass is 251 g/mol. The van der Waals surface area contributed by atoms with Crippen LogP contribution in [0.15, 0.2) is 18.2 Å². The van der Waals surface area contributed by atoms with Gasteiger partial charge >= 0.3 is 0 Å². The van der Waals surface area contributed by atoms with Crippen molar-refractivity contribution >= 4 is 0 Å². The van der Waals surface area contributed by atoms with Crippen molar-refractivity contribution in [3.8, 4) is 11.5 Å². The summed E-state index contributed by atoms with van der Waals surface area (Å²) >= 11 is 0. The molecule has 0 bridgehead atoms. The molecule has 0 aliphatic carbocycles. The molecule has 0 fully saturated rings. The molecule has 0 heterocycles. The van der Waals surface area contributed by atoms with Gasteiger partial charge in [-0.25, -0.2) is 0 Å². The van der Waals surface area contributed by atoms with Gasteiger partial charge in [0.2, 0.25) is 0 Å². The van der Waals surface area contributed by atoms with E-state index in [9.17, 15) is 0 Å². The number of methoxy groups -OCH3 is 1. The number of benzene rings is 1. The summed E-state index contributed by atoms with van der Waals surface area (Å²) in [5, 5.41) is 0. The molecule has 102 valence electrons. The highest BCUT2D eigenvalue weighted by atomic mass is 16.5. The molecule has 2 N–H and O–H groups in total. The normalized spacial score (nSPS) is 13.2. The summed E-state index contributed by atoms with van der Waals surface area (Å²) in [5.41, 5.74) is 7.18. The molecule has 0 amide bonds. The second-order valence-electron chi connectivity index (χ2n) is 5.86. The maximum absolute atomic E-state index is 5.85. The third kappa shape index (κ3) is 4.57. The van der Waals surface area contributed by atoms with Crippen LogP contribution in [0, 0.1) is 5.41 Å². The molecule has 3 nitrogen and oxygen atoms in total. The van der Waals surface area contributed by atoms with Crippen molar-refractivity contribution in [2.75, 3.05) is 13.7 Å². The number of hydrogen-bond donors (Lipinski definition) is 1. The summed E-state index contributed by atoms with van der Waals surface area (Å²) in [4.78, 5) is 0. The zero-order valence-electron chi connectivity index (χ0n) is 12.1. The Kier molecular flexibility index (Phi) is 5.03. The van der Waals surface area contributed by atoms with E-state index in [0.29, 0.717) is 6.61 Å². The van der Waals surface area contributed by atoms with Crippen molar-refractivity contribution in [1.29, 1.82) is 0 Å². The van der Waals surface area contributed by atoms with Crippen molar-refractivity contribution in [3.63, 3.8) is 0 Å². The molecule has 0 saturated heterocycles. The zero-order valence-corrected chi connectivity index (χ0v) is 12.1. The second kappa shape index (κ2) is 6.10. The fourth-order valence-electron chi connectivity index (χ4n) is 1.55. The molecule has 1 aromatic rings. The molecule has 1 atom stereocenters. The second-order valence-corrected chi connectivity index (χ2v) is 5.86. The molecule has 1 rings (SSSR count). The first kappa shape index (κ1) is 14.8. The topological polar surface area (TPSA) is 44.5 Å². The smallest absolute Gasteiger partial charge is 0.161 e. The van der Waals surface area contributed by atoms with E-state index < -0.39 is 0 Å². The molecule has 0 aliphatic rings. The first-order valence-corrected chi connectivity index (χ1v) is 6.40. The molecule has 0 radical (unpaired) electrons. The van der Waals surface area contributed by atoms with Crippen LogP contribution in [0.25, 0.3) is 0 Å². The molecule has 1 aromatic carbocycles. The van der Waals surface area contributed by atoms with Crippen LogP contribution in [-0.4, -0.2) is 13.7 Å². The lowest BCUT2D eigenvalue weighted by Gasteiger charge is -2.19. The maximum atomic E-state index is 5.85. The highest BCUT2D eigenvalue weighted by Gasteiger charge is 2.12. The minimum atomic E-state index is 0.00234.